The summed E-state index contributed by atoms with van der Waals surface area (Å²) >= 11 is 0. The zero-order chi connectivity index (χ0) is 19.1. The number of nitrogens with zero attached hydrogens (tertiary/aromatic N) is 2. The predicted molar refractivity (Wildman–Crippen MR) is 125 cm³/mol. The number of aliphatic imine (C=N–C) groups is 1. The number of aryl methyl sites for hydroxylation is 1. The Kier molecular flexibility index (Phi) is 9.81. The van der Waals surface area contributed by atoms with Gasteiger partial charge in [-0.15, -0.1) is 24.0 Å². The Morgan fingerprint density at radius 3 is 2.96 bits per heavy atom. The Morgan fingerprint density at radius 1 is 1.36 bits per heavy atom. The predicted octanol–water partition coefficient (Wildman–Crippen LogP) is 2.80. The van der Waals surface area contributed by atoms with Gasteiger partial charge in [0.25, 0.3) is 0 Å². The molecule has 2 aliphatic heterocycles. The van der Waals surface area contributed by atoms with Gasteiger partial charge in [-0.25, -0.2) is 4.99 Å². The number of para-hydroxylation sites is 1. The maximum Gasteiger partial charge on any atom is 0.191 e. The quantitative estimate of drug-likeness (QED) is 0.341. The summed E-state index contributed by atoms with van der Waals surface area (Å²) in [6.07, 6.45) is 2.82. The molecule has 158 valence electrons. The van der Waals surface area contributed by atoms with Crippen LogP contribution in [-0.2, 0) is 4.74 Å². The van der Waals surface area contributed by atoms with Crippen LogP contribution in [0.4, 0.5) is 0 Å². The molecule has 0 aromatic heterocycles. The van der Waals surface area contributed by atoms with Crippen LogP contribution in [0.1, 0.15) is 32.3 Å². The van der Waals surface area contributed by atoms with E-state index in [-0.39, 0.29) is 36.2 Å². The van der Waals surface area contributed by atoms with Crippen LogP contribution in [-0.4, -0.2) is 68.4 Å². The normalized spacial score (nSPS) is 23.5. The average molecular weight is 502 g/mol. The van der Waals surface area contributed by atoms with Crippen molar-refractivity contribution < 1.29 is 9.47 Å². The van der Waals surface area contributed by atoms with E-state index in [2.05, 4.69) is 42.4 Å². The smallest absolute Gasteiger partial charge is 0.191 e. The number of halogens is 1. The van der Waals surface area contributed by atoms with Gasteiger partial charge in [-0.2, -0.15) is 0 Å². The number of guanidine groups is 1. The number of fused-ring (bicyclic) bond motifs is 1. The number of hydrogen-bond acceptors (Lipinski definition) is 4. The minimum Gasteiger partial charge on any atom is -0.489 e. The molecule has 2 aliphatic rings. The minimum absolute atomic E-state index is 0. The molecule has 0 amide bonds. The molecule has 0 bridgehead atoms. The lowest BCUT2D eigenvalue weighted by molar-refractivity contribution is -0.0453. The van der Waals surface area contributed by atoms with E-state index < -0.39 is 0 Å². The lowest BCUT2D eigenvalue weighted by Gasteiger charge is -2.35. The van der Waals surface area contributed by atoms with Crippen molar-refractivity contribution >= 4 is 29.9 Å². The summed E-state index contributed by atoms with van der Waals surface area (Å²) in [5, 5.41) is 6.75. The van der Waals surface area contributed by atoms with Crippen LogP contribution in [0, 0.1) is 6.92 Å². The number of hydrogen-bond donors (Lipinski definition) is 2. The third kappa shape index (κ3) is 6.77. The second kappa shape index (κ2) is 11.8. The summed E-state index contributed by atoms with van der Waals surface area (Å²) in [4.78, 5) is 7.26. The average Bonchev–Trinajstić information content (AvgIpc) is 3.13. The van der Waals surface area contributed by atoms with Gasteiger partial charge in [0.2, 0.25) is 0 Å². The molecule has 0 aliphatic carbocycles. The highest BCUT2D eigenvalue weighted by atomic mass is 127. The first-order valence-electron chi connectivity index (χ1n) is 10.3. The molecule has 3 unspecified atom stereocenters. The van der Waals surface area contributed by atoms with E-state index in [9.17, 15) is 0 Å². The lowest BCUT2D eigenvalue weighted by atomic mass is 10.2. The van der Waals surface area contributed by atoms with E-state index >= 15 is 0 Å². The second-order valence-electron chi connectivity index (χ2n) is 7.54. The monoisotopic (exact) mass is 502 g/mol. The zero-order valence-corrected chi connectivity index (χ0v) is 19.6. The highest BCUT2D eigenvalue weighted by Gasteiger charge is 2.32. The first-order valence-corrected chi connectivity index (χ1v) is 10.3. The summed E-state index contributed by atoms with van der Waals surface area (Å²) in [5.74, 6) is 1.75. The molecular formula is C21H35IN4O2. The molecule has 3 atom stereocenters. The fourth-order valence-corrected chi connectivity index (χ4v) is 3.72. The maximum absolute atomic E-state index is 6.03. The number of rotatable bonds is 7. The van der Waals surface area contributed by atoms with Crippen LogP contribution < -0.4 is 15.4 Å². The molecule has 0 spiro atoms. The minimum atomic E-state index is 0. The Hall–Kier alpha value is -1.06. The fourth-order valence-electron chi connectivity index (χ4n) is 3.72. The van der Waals surface area contributed by atoms with Crippen LogP contribution in [0.5, 0.6) is 5.75 Å². The van der Waals surface area contributed by atoms with Gasteiger partial charge in [0.05, 0.1) is 19.3 Å². The van der Waals surface area contributed by atoms with E-state index in [1.165, 1.54) is 19.4 Å². The Balaban J connectivity index is 0.00000280. The van der Waals surface area contributed by atoms with Gasteiger partial charge >= 0.3 is 0 Å². The maximum atomic E-state index is 6.03. The van der Waals surface area contributed by atoms with E-state index in [1.54, 1.807) is 0 Å². The van der Waals surface area contributed by atoms with Crippen LogP contribution in [0.3, 0.4) is 0 Å². The van der Waals surface area contributed by atoms with Crippen molar-refractivity contribution in [1.82, 2.24) is 15.5 Å². The van der Waals surface area contributed by atoms with E-state index in [0.29, 0.717) is 12.6 Å². The zero-order valence-electron chi connectivity index (χ0n) is 17.3. The van der Waals surface area contributed by atoms with Gasteiger partial charge < -0.3 is 20.1 Å². The van der Waals surface area contributed by atoms with Crippen molar-refractivity contribution in [2.45, 2.75) is 51.9 Å². The number of ether oxygens (including phenoxy) is 2. The van der Waals surface area contributed by atoms with Crippen molar-refractivity contribution in [3.63, 3.8) is 0 Å². The van der Waals surface area contributed by atoms with Crippen LogP contribution in [0.15, 0.2) is 29.3 Å². The summed E-state index contributed by atoms with van der Waals surface area (Å²) in [7, 11) is 0. The largest absolute Gasteiger partial charge is 0.489 e. The standard InChI is InChI=1S/C21H34N4O2.HI/c1-4-22-21(23-12-17(3)27-20-10-6-5-8-16(20)2)24-13-19-14-25-11-7-9-18(25)15-26-19;/h5-6,8,10,17-19H,4,7,9,11-15H2,1-3H3,(H2,22,23,24);1H. The number of morpholine rings is 1. The Morgan fingerprint density at radius 2 is 2.18 bits per heavy atom. The SMILES string of the molecule is CCNC(=NCC(C)Oc1ccccc1C)NCC1CN2CCCC2CO1.I. The number of nitrogens with one attached hydrogen (secondary N) is 2. The first-order chi connectivity index (χ1) is 13.2. The molecule has 2 heterocycles. The summed E-state index contributed by atoms with van der Waals surface area (Å²) < 4.78 is 12.0. The Bertz CT molecular complexity index is 628. The fraction of sp³-hybridized carbons (Fsp3) is 0.667. The van der Waals surface area contributed by atoms with Crippen molar-refractivity contribution in [3.8, 4) is 5.75 Å². The molecule has 0 radical (unpaired) electrons. The number of benzene rings is 1. The van der Waals surface area contributed by atoms with Crippen LogP contribution >= 0.6 is 24.0 Å². The van der Waals surface area contributed by atoms with Crippen LogP contribution in [0.25, 0.3) is 0 Å². The topological polar surface area (TPSA) is 58.1 Å². The molecule has 1 aromatic rings. The molecule has 2 saturated heterocycles. The second-order valence-corrected chi connectivity index (χ2v) is 7.54. The third-order valence-electron chi connectivity index (χ3n) is 5.23. The highest BCUT2D eigenvalue weighted by Crippen LogP contribution is 2.22. The summed E-state index contributed by atoms with van der Waals surface area (Å²) in [6, 6.07) is 8.73. The molecule has 2 N–H and O–H groups in total. The summed E-state index contributed by atoms with van der Waals surface area (Å²) in [6.45, 7) is 11.5. The molecule has 7 heteroatoms. The van der Waals surface area contributed by atoms with Crippen molar-refractivity contribution in [3.05, 3.63) is 29.8 Å². The summed E-state index contributed by atoms with van der Waals surface area (Å²) in [5.41, 5.74) is 1.15. The molecule has 6 nitrogen and oxygen atoms in total. The lowest BCUT2D eigenvalue weighted by Crippen LogP contribution is -2.51. The van der Waals surface area contributed by atoms with E-state index in [4.69, 9.17) is 14.5 Å². The van der Waals surface area contributed by atoms with Gasteiger partial charge in [-0.1, -0.05) is 18.2 Å². The molecule has 2 fully saturated rings. The van der Waals surface area contributed by atoms with E-state index in [1.807, 2.05) is 18.2 Å². The Labute approximate surface area is 186 Å². The van der Waals surface area contributed by atoms with Gasteiger partial charge in [-0.3, -0.25) is 4.90 Å². The van der Waals surface area contributed by atoms with E-state index in [0.717, 1.165) is 43.5 Å². The molecule has 0 saturated carbocycles. The van der Waals surface area contributed by atoms with Crippen molar-refractivity contribution in [1.29, 1.82) is 0 Å². The van der Waals surface area contributed by atoms with Crippen molar-refractivity contribution in [2.24, 2.45) is 4.99 Å². The van der Waals surface area contributed by atoms with Gasteiger partial charge in [0.1, 0.15) is 11.9 Å². The molecular weight excluding hydrogens is 467 g/mol. The van der Waals surface area contributed by atoms with Gasteiger partial charge in [-0.05, 0) is 51.8 Å². The third-order valence-corrected chi connectivity index (χ3v) is 5.23. The molecule has 1 aromatic carbocycles. The van der Waals surface area contributed by atoms with Crippen molar-refractivity contribution in [2.75, 3.05) is 39.3 Å². The van der Waals surface area contributed by atoms with Gasteiger partial charge in [0.15, 0.2) is 5.96 Å². The highest BCUT2D eigenvalue weighted by molar-refractivity contribution is 14.0. The molecule has 28 heavy (non-hydrogen) atoms. The van der Waals surface area contributed by atoms with Crippen LogP contribution in [0.2, 0.25) is 0 Å². The van der Waals surface area contributed by atoms with Gasteiger partial charge in [0, 0.05) is 25.7 Å². The first kappa shape index (κ1) is 23.2. The molecule has 3 rings (SSSR count).